The van der Waals surface area contributed by atoms with Gasteiger partial charge >= 0.3 is 5.69 Å². The first kappa shape index (κ1) is 15.2. The van der Waals surface area contributed by atoms with Crippen molar-refractivity contribution in [3.63, 3.8) is 0 Å². The van der Waals surface area contributed by atoms with Crippen LogP contribution in [0.3, 0.4) is 0 Å². The van der Waals surface area contributed by atoms with E-state index in [4.69, 9.17) is 4.42 Å². The maximum Gasteiger partial charge on any atom is 0.328 e. The van der Waals surface area contributed by atoms with E-state index in [1.54, 1.807) is 6.92 Å². The number of nitrogens with zero attached hydrogens (tertiary/aromatic N) is 3. The summed E-state index contributed by atoms with van der Waals surface area (Å²) in [5, 5.41) is 10.6. The Labute approximate surface area is 130 Å². The summed E-state index contributed by atoms with van der Waals surface area (Å²) in [5.74, 6) is -0.264. The number of piperidine rings is 1. The molecular formula is C14H16N4O5. The molecule has 9 heteroatoms. The number of aromatic amines is 1. The first-order valence-corrected chi connectivity index (χ1v) is 7.10. The second kappa shape index (κ2) is 5.51. The molecule has 2 aromatic heterocycles. The highest BCUT2D eigenvalue weighted by Crippen LogP contribution is 2.31. The Hall–Kier alpha value is -2.68. The molecule has 0 saturated carbocycles. The number of likely N-dealkylation sites (tertiary alicyclic amines) is 1. The summed E-state index contributed by atoms with van der Waals surface area (Å²) >= 11 is 0. The third-order valence-corrected chi connectivity index (χ3v) is 4.12. The van der Waals surface area contributed by atoms with Gasteiger partial charge in [0.2, 0.25) is 5.76 Å². The zero-order valence-electron chi connectivity index (χ0n) is 12.4. The molecule has 1 aliphatic heterocycles. The van der Waals surface area contributed by atoms with E-state index in [9.17, 15) is 19.5 Å². The number of carbonyl (C=O) groups is 1. The highest BCUT2D eigenvalue weighted by atomic mass is 16.3. The molecule has 23 heavy (non-hydrogen) atoms. The van der Waals surface area contributed by atoms with Crippen LogP contribution in [0.4, 0.5) is 0 Å². The first-order chi connectivity index (χ1) is 10.9. The molecule has 2 atom stereocenters. The molecule has 0 unspecified atom stereocenters. The average molecular weight is 320 g/mol. The van der Waals surface area contributed by atoms with Crippen molar-refractivity contribution >= 4 is 5.91 Å². The van der Waals surface area contributed by atoms with Gasteiger partial charge in [-0.15, -0.1) is 0 Å². The van der Waals surface area contributed by atoms with Gasteiger partial charge in [-0.25, -0.2) is 9.78 Å². The van der Waals surface area contributed by atoms with Crippen LogP contribution in [0.15, 0.2) is 38.9 Å². The second-order valence-corrected chi connectivity index (χ2v) is 5.76. The summed E-state index contributed by atoms with van der Waals surface area (Å²) in [7, 11) is 0. The fourth-order valence-electron chi connectivity index (χ4n) is 2.75. The topological polar surface area (TPSA) is 121 Å². The van der Waals surface area contributed by atoms with Crippen LogP contribution in [0.2, 0.25) is 0 Å². The van der Waals surface area contributed by atoms with Crippen LogP contribution in [0.1, 0.15) is 29.9 Å². The molecule has 0 aliphatic carbocycles. The number of oxazole rings is 1. The van der Waals surface area contributed by atoms with Gasteiger partial charge in [0.1, 0.15) is 0 Å². The molecule has 1 fully saturated rings. The maximum absolute atomic E-state index is 12.4. The normalized spacial score (nSPS) is 24.6. The Balaban J connectivity index is 1.92. The van der Waals surface area contributed by atoms with Gasteiger partial charge in [-0.2, -0.15) is 0 Å². The van der Waals surface area contributed by atoms with Gasteiger partial charge in [0.25, 0.3) is 11.5 Å². The van der Waals surface area contributed by atoms with Crippen LogP contribution < -0.4 is 11.2 Å². The zero-order chi connectivity index (χ0) is 16.6. The molecule has 1 amide bonds. The third kappa shape index (κ3) is 2.82. The fourth-order valence-corrected chi connectivity index (χ4v) is 2.75. The van der Waals surface area contributed by atoms with Gasteiger partial charge in [-0.3, -0.25) is 19.1 Å². The summed E-state index contributed by atoms with van der Waals surface area (Å²) in [5.41, 5.74) is -2.34. The minimum atomic E-state index is -1.19. The molecule has 1 aliphatic rings. The van der Waals surface area contributed by atoms with E-state index in [-0.39, 0.29) is 24.6 Å². The van der Waals surface area contributed by atoms with Crippen LogP contribution in [-0.2, 0) is 0 Å². The number of amides is 1. The molecule has 2 N–H and O–H groups in total. The van der Waals surface area contributed by atoms with E-state index in [0.29, 0.717) is 6.54 Å². The van der Waals surface area contributed by atoms with Gasteiger partial charge in [-0.05, 0) is 13.3 Å². The number of nitrogens with one attached hydrogen (secondary N) is 1. The summed E-state index contributed by atoms with van der Waals surface area (Å²) in [6.45, 7) is 2.03. The molecule has 0 spiro atoms. The number of aromatic nitrogens is 3. The molecule has 2 aromatic rings. The Morgan fingerprint density at radius 3 is 2.96 bits per heavy atom. The maximum atomic E-state index is 12.4. The molecule has 9 nitrogen and oxygen atoms in total. The Kier molecular flexibility index (Phi) is 3.64. The molecule has 0 radical (unpaired) electrons. The number of hydrogen-bond acceptors (Lipinski definition) is 6. The summed E-state index contributed by atoms with van der Waals surface area (Å²) in [6.07, 6.45) is 4.08. The van der Waals surface area contributed by atoms with Crippen molar-refractivity contribution in [2.24, 2.45) is 0 Å². The lowest BCUT2D eigenvalue weighted by molar-refractivity contribution is -0.0464. The molecule has 0 bridgehead atoms. The first-order valence-electron chi connectivity index (χ1n) is 7.10. The van der Waals surface area contributed by atoms with Gasteiger partial charge in [0, 0.05) is 25.4 Å². The van der Waals surface area contributed by atoms with Crippen molar-refractivity contribution in [1.29, 1.82) is 0 Å². The van der Waals surface area contributed by atoms with E-state index in [1.807, 2.05) is 0 Å². The summed E-state index contributed by atoms with van der Waals surface area (Å²) in [4.78, 5) is 42.9. The molecule has 122 valence electrons. The number of hydrogen-bond donors (Lipinski definition) is 2. The molecule has 3 rings (SSSR count). The standard InChI is InChI=1S/C14H16N4O5/c1-14(22)3-5-17(12(20)9-6-15-8-23-9)7-10(14)18-4-2-11(19)16-13(18)21/h2,4,6,8,10,22H,3,5,7H2,1H3,(H,16,19,21)/t10-,14-/m1/s1. The minimum absolute atomic E-state index is 0.0964. The molecule has 1 saturated heterocycles. The quantitative estimate of drug-likeness (QED) is 0.759. The predicted molar refractivity (Wildman–Crippen MR) is 78.0 cm³/mol. The lowest BCUT2D eigenvalue weighted by Gasteiger charge is -2.42. The minimum Gasteiger partial charge on any atom is -0.438 e. The monoisotopic (exact) mass is 320 g/mol. The van der Waals surface area contributed by atoms with Gasteiger partial charge in [0.15, 0.2) is 6.39 Å². The predicted octanol–water partition coefficient (Wildman–Crippen LogP) is -0.637. The lowest BCUT2D eigenvalue weighted by Crippen LogP contribution is -2.54. The molecule has 3 heterocycles. The molecule has 0 aromatic carbocycles. The van der Waals surface area contributed by atoms with Crippen LogP contribution in [-0.4, -0.2) is 49.1 Å². The van der Waals surface area contributed by atoms with Crippen molar-refractivity contribution in [3.8, 4) is 0 Å². The smallest absolute Gasteiger partial charge is 0.328 e. The van der Waals surface area contributed by atoms with Crippen LogP contribution >= 0.6 is 0 Å². The van der Waals surface area contributed by atoms with Gasteiger partial charge < -0.3 is 14.4 Å². The average Bonchev–Trinajstić information content (AvgIpc) is 3.01. The Morgan fingerprint density at radius 2 is 2.30 bits per heavy atom. The van der Waals surface area contributed by atoms with Crippen molar-refractivity contribution in [3.05, 3.63) is 51.5 Å². The highest BCUT2D eigenvalue weighted by Gasteiger charge is 2.41. The zero-order valence-corrected chi connectivity index (χ0v) is 12.4. The number of rotatable bonds is 2. The van der Waals surface area contributed by atoms with E-state index in [1.165, 1.54) is 27.9 Å². The SMILES string of the molecule is C[C@@]1(O)CCN(C(=O)c2cnco2)C[C@H]1n1ccc(=O)[nH]c1=O. The van der Waals surface area contributed by atoms with E-state index < -0.39 is 22.9 Å². The van der Waals surface area contributed by atoms with E-state index >= 15 is 0 Å². The van der Waals surface area contributed by atoms with Crippen LogP contribution in [0.5, 0.6) is 0 Å². The fraction of sp³-hybridized carbons (Fsp3) is 0.429. The van der Waals surface area contributed by atoms with Crippen molar-refractivity contribution in [1.82, 2.24) is 19.4 Å². The number of carbonyl (C=O) groups excluding carboxylic acids is 1. The summed E-state index contributed by atoms with van der Waals surface area (Å²) < 4.78 is 6.24. The van der Waals surface area contributed by atoms with Gasteiger partial charge in [0.05, 0.1) is 17.8 Å². The van der Waals surface area contributed by atoms with Crippen molar-refractivity contribution in [2.45, 2.75) is 25.0 Å². The van der Waals surface area contributed by atoms with Crippen LogP contribution in [0.25, 0.3) is 0 Å². The van der Waals surface area contributed by atoms with Gasteiger partial charge in [-0.1, -0.05) is 0 Å². The van der Waals surface area contributed by atoms with Crippen molar-refractivity contribution in [2.75, 3.05) is 13.1 Å². The Morgan fingerprint density at radius 1 is 1.52 bits per heavy atom. The van der Waals surface area contributed by atoms with E-state index in [2.05, 4.69) is 9.97 Å². The molecular weight excluding hydrogens is 304 g/mol. The van der Waals surface area contributed by atoms with E-state index in [0.717, 1.165) is 6.39 Å². The second-order valence-electron chi connectivity index (χ2n) is 5.76. The lowest BCUT2D eigenvalue weighted by atomic mass is 9.88. The largest absolute Gasteiger partial charge is 0.438 e. The number of aliphatic hydroxyl groups is 1. The number of H-pyrrole nitrogens is 1. The highest BCUT2D eigenvalue weighted by molar-refractivity contribution is 5.91. The third-order valence-electron chi connectivity index (χ3n) is 4.12. The summed E-state index contributed by atoms with van der Waals surface area (Å²) in [6, 6.07) is 0.516. The Bertz CT molecular complexity index is 820. The van der Waals surface area contributed by atoms with Crippen molar-refractivity contribution < 1.29 is 14.3 Å². The van der Waals surface area contributed by atoms with Crippen LogP contribution in [0, 0.1) is 0 Å².